The third-order valence-corrected chi connectivity index (χ3v) is 5.69. The highest BCUT2D eigenvalue weighted by molar-refractivity contribution is 5.97. The van der Waals surface area contributed by atoms with Gasteiger partial charge in [0.05, 0.1) is 31.2 Å². The van der Waals surface area contributed by atoms with Gasteiger partial charge in [0.15, 0.2) is 5.69 Å². The zero-order chi connectivity index (χ0) is 25.5. The molecular formula is C25H28N6O5. The number of esters is 1. The Morgan fingerprint density at radius 2 is 2.00 bits per heavy atom. The predicted octanol–water partition coefficient (Wildman–Crippen LogP) is 1.84. The van der Waals surface area contributed by atoms with Gasteiger partial charge in [-0.3, -0.25) is 14.6 Å². The smallest absolute Gasteiger partial charge is 0.339 e. The second kappa shape index (κ2) is 11.4. The van der Waals surface area contributed by atoms with Crippen molar-refractivity contribution >= 4 is 23.5 Å². The number of nitrogens with zero attached hydrogens (tertiary/aromatic N) is 4. The zero-order valence-corrected chi connectivity index (χ0v) is 20.2. The largest absolute Gasteiger partial charge is 0.492 e. The van der Waals surface area contributed by atoms with Crippen LogP contribution in [-0.4, -0.2) is 64.6 Å². The summed E-state index contributed by atoms with van der Waals surface area (Å²) in [5, 5.41) is 14.0. The lowest BCUT2D eigenvalue weighted by Gasteiger charge is -2.11. The number of carbonyl (C=O) groups excluding carboxylic acids is 3. The summed E-state index contributed by atoms with van der Waals surface area (Å²) in [6, 6.07) is 1.75. The molecule has 1 saturated carbocycles. The molecule has 2 amide bonds. The fourth-order valence-electron chi connectivity index (χ4n) is 3.64. The number of nitrogens with one attached hydrogen (secondary N) is 2. The molecule has 0 aromatic carbocycles. The number of methoxy groups -OCH3 is 1. The molecule has 0 saturated heterocycles. The maximum atomic E-state index is 12.8. The fraction of sp³-hybridized carbons (Fsp3) is 0.360. The van der Waals surface area contributed by atoms with E-state index >= 15 is 0 Å². The molecule has 2 heterocycles. The van der Waals surface area contributed by atoms with Crippen molar-refractivity contribution in [3.8, 4) is 5.75 Å². The first-order valence-corrected chi connectivity index (χ1v) is 11.7. The van der Waals surface area contributed by atoms with E-state index in [0.717, 1.165) is 18.5 Å². The van der Waals surface area contributed by atoms with Crippen LogP contribution in [-0.2, 0) is 16.0 Å². The fourth-order valence-corrected chi connectivity index (χ4v) is 3.64. The molecule has 188 valence electrons. The Hall–Kier alpha value is -4.28. The number of hydrogen-bond donors (Lipinski definition) is 2. The minimum atomic E-state index is -0.492. The lowest BCUT2D eigenvalue weighted by molar-refractivity contribution is -0.116. The van der Waals surface area contributed by atoms with E-state index < -0.39 is 5.97 Å². The first-order valence-electron chi connectivity index (χ1n) is 11.7. The first-order chi connectivity index (χ1) is 17.5. The summed E-state index contributed by atoms with van der Waals surface area (Å²) in [6.07, 6.45) is 13.6. The molecule has 0 spiro atoms. The van der Waals surface area contributed by atoms with Crippen molar-refractivity contribution in [3.05, 3.63) is 65.3 Å². The van der Waals surface area contributed by atoms with Crippen molar-refractivity contribution in [3.63, 3.8) is 0 Å². The number of amides is 2. The topological polar surface area (TPSA) is 137 Å². The van der Waals surface area contributed by atoms with Crippen molar-refractivity contribution in [2.75, 3.05) is 20.8 Å². The number of ether oxygens (including phenoxy) is 2. The number of aromatic nitrogens is 4. The average molecular weight is 493 g/mol. The van der Waals surface area contributed by atoms with Crippen LogP contribution in [0.5, 0.6) is 5.75 Å². The van der Waals surface area contributed by atoms with Crippen molar-refractivity contribution < 1.29 is 23.9 Å². The average Bonchev–Trinajstić information content (AvgIpc) is 3.67. The van der Waals surface area contributed by atoms with Crippen molar-refractivity contribution in [1.82, 2.24) is 30.6 Å². The van der Waals surface area contributed by atoms with Gasteiger partial charge >= 0.3 is 5.97 Å². The molecule has 0 bridgehead atoms. The zero-order valence-electron chi connectivity index (χ0n) is 20.2. The van der Waals surface area contributed by atoms with Gasteiger partial charge in [-0.05, 0) is 43.9 Å². The van der Waals surface area contributed by atoms with E-state index in [9.17, 15) is 14.4 Å². The van der Waals surface area contributed by atoms with E-state index in [1.807, 2.05) is 12.2 Å². The van der Waals surface area contributed by atoms with Crippen LogP contribution in [0.15, 0.2) is 48.3 Å². The number of allylic oxidation sites excluding steroid dienone is 4. The number of likely N-dealkylation sites (N-methyl/N-ethyl adjacent to an activating group) is 1. The van der Waals surface area contributed by atoms with Gasteiger partial charge in [-0.15, -0.1) is 5.10 Å². The number of pyridine rings is 1. The monoisotopic (exact) mass is 492 g/mol. The number of rotatable bonds is 10. The molecule has 11 heteroatoms. The van der Waals surface area contributed by atoms with Gasteiger partial charge in [0, 0.05) is 37.0 Å². The minimum absolute atomic E-state index is 0.185. The highest BCUT2D eigenvalue weighted by atomic mass is 16.5. The number of carbonyl (C=O) groups is 3. The van der Waals surface area contributed by atoms with E-state index in [2.05, 4.69) is 25.9 Å². The van der Waals surface area contributed by atoms with Gasteiger partial charge in [0.2, 0.25) is 0 Å². The van der Waals surface area contributed by atoms with Gasteiger partial charge in [0.1, 0.15) is 5.75 Å². The Labute approximate surface area is 208 Å². The molecule has 0 unspecified atom stereocenters. The van der Waals surface area contributed by atoms with Crippen LogP contribution < -0.4 is 15.4 Å². The maximum Gasteiger partial charge on any atom is 0.339 e. The summed E-state index contributed by atoms with van der Waals surface area (Å²) in [5.41, 5.74) is 2.55. The first kappa shape index (κ1) is 24.8. The summed E-state index contributed by atoms with van der Waals surface area (Å²) in [4.78, 5) is 40.6. The van der Waals surface area contributed by atoms with Crippen LogP contribution in [0.25, 0.3) is 5.70 Å². The lowest BCUT2D eigenvalue weighted by Crippen LogP contribution is -2.27. The molecule has 11 nitrogen and oxygen atoms in total. The molecule has 2 aliphatic carbocycles. The molecule has 0 radical (unpaired) electrons. The molecule has 2 aliphatic rings. The van der Waals surface area contributed by atoms with Crippen LogP contribution in [0.4, 0.5) is 0 Å². The van der Waals surface area contributed by atoms with Gasteiger partial charge in [-0.25, -0.2) is 9.48 Å². The van der Waals surface area contributed by atoms with Crippen molar-refractivity contribution in [2.45, 2.75) is 38.1 Å². The van der Waals surface area contributed by atoms with Gasteiger partial charge < -0.3 is 20.1 Å². The van der Waals surface area contributed by atoms with Crippen LogP contribution in [0.3, 0.4) is 0 Å². The lowest BCUT2D eigenvalue weighted by atomic mass is 10.1. The molecule has 36 heavy (non-hydrogen) atoms. The quantitative estimate of drug-likeness (QED) is 0.379. The van der Waals surface area contributed by atoms with Crippen LogP contribution in [0.2, 0.25) is 0 Å². The molecular weight excluding hydrogens is 464 g/mol. The third kappa shape index (κ3) is 6.04. The van der Waals surface area contributed by atoms with Gasteiger partial charge in [0.25, 0.3) is 11.8 Å². The molecule has 2 N–H and O–H groups in total. The number of hydrogen-bond acceptors (Lipinski definition) is 8. The summed E-state index contributed by atoms with van der Waals surface area (Å²) >= 11 is 0. The van der Waals surface area contributed by atoms with E-state index in [-0.39, 0.29) is 23.6 Å². The Kier molecular flexibility index (Phi) is 7.89. The molecule has 4 rings (SSSR count). The Morgan fingerprint density at radius 1 is 1.17 bits per heavy atom. The minimum Gasteiger partial charge on any atom is -0.492 e. The van der Waals surface area contributed by atoms with Crippen molar-refractivity contribution in [2.24, 2.45) is 0 Å². The summed E-state index contributed by atoms with van der Waals surface area (Å²) in [6.45, 7) is 0.320. The van der Waals surface area contributed by atoms with E-state index in [4.69, 9.17) is 9.47 Å². The predicted molar refractivity (Wildman–Crippen MR) is 130 cm³/mol. The summed E-state index contributed by atoms with van der Waals surface area (Å²) < 4.78 is 12.1. The second-order valence-electron chi connectivity index (χ2n) is 8.36. The standard InChI is InChI=1S/C25H28N6O5/c1-26-23(32)16-5-3-6-19(11-8-16)31-21(22(29-30-31)24(33)28-18-9-10-18)7-4-12-36-20-13-17(14-27-15-20)25(34)35-2/h3,5,8,11,13-15,18H,4,6-7,9-10,12H2,1-2H3,(H,26,32)(H,28,33). The van der Waals surface area contributed by atoms with Gasteiger partial charge in [-0.1, -0.05) is 17.4 Å². The highest BCUT2D eigenvalue weighted by Crippen LogP contribution is 2.23. The molecule has 2 aromatic rings. The summed E-state index contributed by atoms with van der Waals surface area (Å²) in [5.74, 6) is -0.482. The maximum absolute atomic E-state index is 12.8. The SMILES string of the molecule is CNC(=O)C1=CC=C(n2nnc(C(=O)NC3CC3)c2CCCOc2cncc(C(=O)OC)c2)CC=C1. The summed E-state index contributed by atoms with van der Waals surface area (Å²) in [7, 11) is 2.88. The van der Waals surface area contributed by atoms with Crippen LogP contribution >= 0.6 is 0 Å². The molecule has 0 atom stereocenters. The van der Waals surface area contributed by atoms with Crippen molar-refractivity contribution in [1.29, 1.82) is 0 Å². The normalized spacial score (nSPS) is 14.8. The van der Waals surface area contributed by atoms with E-state index in [1.54, 1.807) is 29.9 Å². The van der Waals surface area contributed by atoms with Crippen LogP contribution in [0, 0.1) is 0 Å². The molecule has 2 aromatic heterocycles. The van der Waals surface area contributed by atoms with E-state index in [1.165, 1.54) is 19.5 Å². The highest BCUT2D eigenvalue weighted by Gasteiger charge is 2.28. The molecule has 0 aliphatic heterocycles. The Balaban J connectivity index is 1.50. The third-order valence-electron chi connectivity index (χ3n) is 5.69. The van der Waals surface area contributed by atoms with E-state index in [0.29, 0.717) is 48.4 Å². The van der Waals surface area contributed by atoms with Crippen LogP contribution in [0.1, 0.15) is 52.2 Å². The Morgan fingerprint density at radius 3 is 2.75 bits per heavy atom. The molecule has 1 fully saturated rings. The second-order valence-corrected chi connectivity index (χ2v) is 8.36. The Bertz CT molecular complexity index is 1240. The van der Waals surface area contributed by atoms with Gasteiger partial charge in [-0.2, -0.15) is 0 Å².